The molecule has 6 aliphatic carbocycles. The Morgan fingerprint density at radius 1 is 0.174 bits per heavy atom. The largest absolute Gasteiger partial charge is 0.0622 e. The highest BCUT2D eigenvalue weighted by Crippen LogP contribution is 2.70. The smallest absolute Gasteiger partial charge is 0.0162 e. The molecule has 0 amide bonds. The van der Waals surface area contributed by atoms with Crippen LogP contribution in [0.15, 0.2) is 231 Å². The second-order valence-electron chi connectivity index (χ2n) is 31.1. The van der Waals surface area contributed by atoms with E-state index in [2.05, 4.69) is 314 Å². The van der Waals surface area contributed by atoms with Gasteiger partial charge in [-0.15, -0.1) is 0 Å². The van der Waals surface area contributed by atoms with Gasteiger partial charge in [-0.05, 0) is 272 Å². The highest BCUT2D eigenvalue weighted by Gasteiger charge is 2.55. The van der Waals surface area contributed by atoms with Crippen LogP contribution in [-0.4, -0.2) is 0 Å². The van der Waals surface area contributed by atoms with Gasteiger partial charge < -0.3 is 0 Å². The summed E-state index contributed by atoms with van der Waals surface area (Å²) in [6, 6.07) is 88.9. The molecular weight excluding hydrogens is 1110 g/mol. The molecule has 0 heteroatoms. The Bertz CT molecular complexity index is 5040. The molecule has 0 nitrogen and oxygen atoms in total. The molecule has 0 bridgehead atoms. The lowest BCUT2D eigenvalue weighted by molar-refractivity contribution is 0.594. The van der Waals surface area contributed by atoms with Crippen molar-refractivity contribution >= 4 is 21.5 Å². The summed E-state index contributed by atoms with van der Waals surface area (Å²) in [5.74, 6) is 0. The topological polar surface area (TPSA) is 0 Å². The van der Waals surface area contributed by atoms with Crippen molar-refractivity contribution < 1.29 is 0 Å². The Morgan fingerprint density at radius 2 is 0.446 bits per heavy atom. The maximum atomic E-state index is 2.71. The number of hydrogen-bond acceptors (Lipinski definition) is 0. The van der Waals surface area contributed by atoms with Crippen molar-refractivity contribution in [2.24, 2.45) is 0 Å². The molecule has 0 atom stereocenters. The maximum Gasteiger partial charge on any atom is 0.0162 e. The maximum absolute atomic E-state index is 2.71. The fourth-order valence-electron chi connectivity index (χ4n) is 19.5. The number of fused-ring (bicyclic) bond motifs is 8. The summed E-state index contributed by atoms with van der Waals surface area (Å²) in [7, 11) is 0. The van der Waals surface area contributed by atoms with E-state index < -0.39 is 0 Å². The third-order valence-corrected chi connectivity index (χ3v) is 24.0. The number of rotatable bonds is 6. The van der Waals surface area contributed by atoms with Gasteiger partial charge in [0, 0.05) is 32.5 Å². The highest BCUT2D eigenvalue weighted by atomic mass is 14.6. The van der Waals surface area contributed by atoms with E-state index in [4.69, 9.17) is 0 Å². The normalized spacial score (nSPS) is 17.0. The fraction of sp³-hybridized carbons (Fsp3) is 0.196. The lowest BCUT2D eigenvalue weighted by atomic mass is 9.66. The van der Waals surface area contributed by atoms with Crippen LogP contribution in [0.5, 0.6) is 0 Å². The highest BCUT2D eigenvalue weighted by molar-refractivity contribution is 6.17. The van der Waals surface area contributed by atoms with Crippen LogP contribution in [0.25, 0.3) is 133 Å². The van der Waals surface area contributed by atoms with Gasteiger partial charge in [0.15, 0.2) is 0 Å². The van der Waals surface area contributed by atoms with Crippen LogP contribution in [0.3, 0.4) is 0 Å². The third-order valence-electron chi connectivity index (χ3n) is 24.0. The summed E-state index contributed by atoms with van der Waals surface area (Å²) in [6.07, 6.45) is 0. The van der Waals surface area contributed by atoms with Crippen molar-refractivity contribution in [2.45, 2.75) is 116 Å². The van der Waals surface area contributed by atoms with Crippen molar-refractivity contribution in [3.05, 3.63) is 297 Å². The molecule has 92 heavy (non-hydrogen) atoms. The van der Waals surface area contributed by atoms with Crippen LogP contribution in [-0.2, 0) is 32.5 Å². The Labute approximate surface area is 542 Å². The van der Waals surface area contributed by atoms with Crippen LogP contribution in [0.4, 0.5) is 0 Å². The minimum Gasteiger partial charge on any atom is -0.0622 e. The average molecular weight is 1180 g/mol. The van der Waals surface area contributed by atoms with E-state index in [-0.39, 0.29) is 32.5 Å². The van der Waals surface area contributed by atoms with Crippen molar-refractivity contribution in [2.75, 3.05) is 0 Å². The summed E-state index contributed by atoms with van der Waals surface area (Å²) < 4.78 is 0. The van der Waals surface area contributed by atoms with E-state index >= 15 is 0 Å². The van der Waals surface area contributed by atoms with E-state index in [9.17, 15) is 0 Å². The molecule has 0 aliphatic heterocycles. The molecule has 0 aromatic heterocycles. The van der Waals surface area contributed by atoms with Crippen LogP contribution in [0, 0.1) is 0 Å². The first kappa shape index (κ1) is 54.1. The van der Waals surface area contributed by atoms with E-state index in [0.29, 0.717) is 0 Å². The summed E-state index contributed by atoms with van der Waals surface area (Å²) in [5.41, 5.74) is 42.6. The summed E-state index contributed by atoms with van der Waals surface area (Å²) in [6.45, 7) is 30.5. The van der Waals surface area contributed by atoms with Gasteiger partial charge in [0.25, 0.3) is 0 Å². The van der Waals surface area contributed by atoms with Gasteiger partial charge >= 0.3 is 0 Å². The van der Waals surface area contributed by atoms with Gasteiger partial charge in [-0.25, -0.2) is 0 Å². The summed E-state index contributed by atoms with van der Waals surface area (Å²) in [4.78, 5) is 0. The van der Waals surface area contributed by atoms with Crippen molar-refractivity contribution in [1.29, 1.82) is 0 Å². The lowest BCUT2D eigenvalue weighted by Gasteiger charge is -2.37. The predicted molar refractivity (Wildman–Crippen MR) is 389 cm³/mol. The van der Waals surface area contributed by atoms with Crippen LogP contribution in [0.1, 0.15) is 150 Å². The van der Waals surface area contributed by atoms with E-state index in [0.717, 1.165) is 0 Å². The quantitative estimate of drug-likeness (QED) is 0.156. The van der Waals surface area contributed by atoms with E-state index in [1.165, 1.54) is 200 Å². The molecule has 0 fully saturated rings. The molecule has 0 unspecified atom stereocenters. The zero-order chi connectivity index (χ0) is 62.7. The Balaban J connectivity index is 0.795. The molecule has 442 valence electrons. The SMILES string of the molecule is CC1(C)c2cc3c(cc2-c2cc4c5c(c21)C(C)(C)c1cc(-c2cc(-c6ccccc6)cc(-c6ccccc6)c2)c2cccc(c2c1-5)C4(C)C)C(C)(C)c1c-3cc2c3c1C(C)(C)c1cc(-c4cc(-c5ccccc5)cc(-c5ccccc5)c4)c4cccc(c4c1-3)C2(C)C. The van der Waals surface area contributed by atoms with E-state index in [1.54, 1.807) is 0 Å². The molecule has 0 spiro atoms. The minimum absolute atomic E-state index is 0.267. The fourth-order valence-corrected chi connectivity index (χ4v) is 19.5. The van der Waals surface area contributed by atoms with Gasteiger partial charge in [-0.3, -0.25) is 0 Å². The summed E-state index contributed by atoms with van der Waals surface area (Å²) in [5, 5.41) is 5.54. The Morgan fingerprint density at radius 3 is 0.772 bits per heavy atom. The number of hydrogen-bond donors (Lipinski definition) is 0. The first-order chi connectivity index (χ1) is 44.2. The second kappa shape index (κ2) is 17.7. The lowest BCUT2D eigenvalue weighted by Crippen LogP contribution is -2.27. The molecule has 0 radical (unpaired) electrons. The first-order valence-electron chi connectivity index (χ1n) is 33.6. The monoisotopic (exact) mass is 1180 g/mol. The zero-order valence-electron chi connectivity index (χ0n) is 54.9. The molecule has 0 saturated heterocycles. The van der Waals surface area contributed by atoms with Gasteiger partial charge in [-0.1, -0.05) is 241 Å². The Hall–Kier alpha value is -9.62. The van der Waals surface area contributed by atoms with Gasteiger partial charge in [0.1, 0.15) is 0 Å². The van der Waals surface area contributed by atoms with E-state index in [1.807, 2.05) is 0 Å². The third kappa shape index (κ3) is 6.73. The van der Waals surface area contributed by atoms with Crippen LogP contribution in [0.2, 0.25) is 0 Å². The minimum atomic E-state index is -0.291. The first-order valence-corrected chi connectivity index (χ1v) is 33.6. The average Bonchev–Trinajstić information content (AvgIpc) is 1.49. The number of benzene rings is 13. The molecule has 13 aromatic carbocycles. The molecular formula is C92H74. The predicted octanol–water partition coefficient (Wildman–Crippen LogP) is 24.5. The van der Waals surface area contributed by atoms with Crippen molar-refractivity contribution in [3.63, 3.8) is 0 Å². The molecule has 0 saturated carbocycles. The van der Waals surface area contributed by atoms with Crippen molar-refractivity contribution in [1.82, 2.24) is 0 Å². The van der Waals surface area contributed by atoms with Crippen LogP contribution >= 0.6 is 0 Å². The van der Waals surface area contributed by atoms with Gasteiger partial charge in [0.2, 0.25) is 0 Å². The van der Waals surface area contributed by atoms with Crippen molar-refractivity contribution in [3.8, 4) is 111 Å². The van der Waals surface area contributed by atoms with Gasteiger partial charge in [-0.2, -0.15) is 0 Å². The van der Waals surface area contributed by atoms with Gasteiger partial charge in [0.05, 0.1) is 0 Å². The zero-order valence-corrected chi connectivity index (χ0v) is 54.9. The Kier molecular flexibility index (Phi) is 10.4. The molecule has 0 heterocycles. The molecule has 0 N–H and O–H groups in total. The molecule has 19 rings (SSSR count). The standard InChI is InChI=1S/C92H74/c1-87(2)69-37-25-35-61-63(59-41-55(51-27-17-13-18-28-51)39-56(42-59)52-29-19-14-20-30-52)45-73-79(77(61)69)81-75(87)49-67-65-47-72-66(48-71(65)89(5,6)83(67)85(81)91(73,9)10)68-50-76-82-80-74(92(11,12)86(82)84(68)90(72,7)8)46-64(62-36-26-38-70(78(62)80)88(76,3)4)60-43-57(53-31-21-15-22-32-53)40-58(44-60)54-33-23-16-24-34-54/h13-50H,1-12H3. The summed E-state index contributed by atoms with van der Waals surface area (Å²) >= 11 is 0. The molecule has 6 aliphatic rings. The second-order valence-corrected chi connectivity index (χ2v) is 31.1. The molecule has 13 aromatic rings. The van der Waals surface area contributed by atoms with Crippen LogP contribution < -0.4 is 0 Å².